The van der Waals surface area contributed by atoms with E-state index < -0.39 is 0 Å². The lowest BCUT2D eigenvalue weighted by molar-refractivity contribution is -0.127. The standard InChI is InChI=1S/C17H20N4OS/c1-14-19-16(13-23-14)4-5-17(22)21-9-7-20(8-10-21)12-15-3-2-6-18-11-15/h2-6,11,13H,7-10,12H2,1H3/b5-4+. The molecule has 0 N–H and O–H groups in total. The summed E-state index contributed by atoms with van der Waals surface area (Å²) in [6.45, 7) is 6.17. The number of hydrogen-bond donors (Lipinski definition) is 0. The molecule has 0 radical (unpaired) electrons. The van der Waals surface area contributed by atoms with Crippen LogP contribution in [0, 0.1) is 6.92 Å². The molecule has 0 unspecified atom stereocenters. The molecular formula is C17H20N4OS. The summed E-state index contributed by atoms with van der Waals surface area (Å²) in [5.74, 6) is 0.0664. The quantitative estimate of drug-likeness (QED) is 0.808. The number of amides is 1. The van der Waals surface area contributed by atoms with Crippen LogP contribution in [0.5, 0.6) is 0 Å². The van der Waals surface area contributed by atoms with Crippen LogP contribution in [0.3, 0.4) is 0 Å². The molecule has 1 saturated heterocycles. The maximum atomic E-state index is 12.2. The molecule has 2 aromatic heterocycles. The van der Waals surface area contributed by atoms with Gasteiger partial charge in [-0.2, -0.15) is 0 Å². The van der Waals surface area contributed by atoms with Crippen molar-refractivity contribution in [1.82, 2.24) is 19.8 Å². The predicted octanol–water partition coefficient (Wildman–Crippen LogP) is 2.20. The number of carbonyl (C=O) groups is 1. The van der Waals surface area contributed by atoms with Crippen molar-refractivity contribution < 1.29 is 4.79 Å². The third-order valence-corrected chi connectivity index (χ3v) is 4.64. The maximum Gasteiger partial charge on any atom is 0.246 e. The van der Waals surface area contributed by atoms with E-state index in [0.29, 0.717) is 0 Å². The first-order valence-corrected chi connectivity index (χ1v) is 8.59. The third kappa shape index (κ3) is 4.46. The van der Waals surface area contributed by atoms with Gasteiger partial charge in [-0.1, -0.05) is 6.07 Å². The molecule has 23 heavy (non-hydrogen) atoms. The van der Waals surface area contributed by atoms with Crippen LogP contribution in [0.1, 0.15) is 16.3 Å². The van der Waals surface area contributed by atoms with E-state index in [0.717, 1.165) is 43.4 Å². The minimum absolute atomic E-state index is 0.0664. The molecule has 1 aliphatic heterocycles. The number of thiazole rings is 1. The van der Waals surface area contributed by atoms with Crippen molar-refractivity contribution in [3.63, 3.8) is 0 Å². The zero-order valence-corrected chi connectivity index (χ0v) is 14.0. The zero-order valence-electron chi connectivity index (χ0n) is 13.2. The summed E-state index contributed by atoms with van der Waals surface area (Å²) < 4.78 is 0. The third-order valence-electron chi connectivity index (χ3n) is 3.85. The highest BCUT2D eigenvalue weighted by molar-refractivity contribution is 7.09. The first-order chi connectivity index (χ1) is 11.2. The molecular weight excluding hydrogens is 308 g/mol. The van der Waals surface area contributed by atoms with Gasteiger partial charge in [0.25, 0.3) is 0 Å². The number of hydrogen-bond acceptors (Lipinski definition) is 5. The van der Waals surface area contributed by atoms with Crippen LogP contribution in [-0.4, -0.2) is 51.9 Å². The van der Waals surface area contributed by atoms with Crippen LogP contribution >= 0.6 is 11.3 Å². The number of carbonyl (C=O) groups excluding carboxylic acids is 1. The van der Waals surface area contributed by atoms with E-state index >= 15 is 0 Å². The van der Waals surface area contributed by atoms with Gasteiger partial charge in [0.15, 0.2) is 0 Å². The van der Waals surface area contributed by atoms with Gasteiger partial charge >= 0.3 is 0 Å². The number of pyridine rings is 1. The van der Waals surface area contributed by atoms with Crippen LogP contribution in [0.25, 0.3) is 6.08 Å². The minimum atomic E-state index is 0.0664. The topological polar surface area (TPSA) is 49.3 Å². The predicted molar refractivity (Wildman–Crippen MR) is 92.0 cm³/mol. The molecule has 0 aliphatic carbocycles. The Hall–Kier alpha value is -2.05. The van der Waals surface area contributed by atoms with Gasteiger partial charge in [0, 0.05) is 56.6 Å². The van der Waals surface area contributed by atoms with Crippen molar-refractivity contribution >= 4 is 23.3 Å². The van der Waals surface area contributed by atoms with E-state index in [4.69, 9.17) is 0 Å². The van der Waals surface area contributed by atoms with Crippen molar-refractivity contribution in [3.8, 4) is 0 Å². The Labute approximate surface area is 140 Å². The summed E-state index contributed by atoms with van der Waals surface area (Å²) >= 11 is 1.59. The first-order valence-electron chi connectivity index (χ1n) is 7.71. The second-order valence-corrected chi connectivity index (χ2v) is 6.65. The number of piperazine rings is 1. The summed E-state index contributed by atoms with van der Waals surface area (Å²) in [5.41, 5.74) is 2.07. The lowest BCUT2D eigenvalue weighted by atomic mass is 10.2. The van der Waals surface area contributed by atoms with Gasteiger partial charge in [0.1, 0.15) is 0 Å². The average molecular weight is 328 g/mol. The normalized spacial score (nSPS) is 16.1. The molecule has 1 aliphatic rings. The molecule has 1 fully saturated rings. The second kappa shape index (κ2) is 7.48. The average Bonchev–Trinajstić information content (AvgIpc) is 3.00. The Morgan fingerprint density at radius 1 is 1.35 bits per heavy atom. The molecule has 2 aromatic rings. The molecule has 0 aromatic carbocycles. The van der Waals surface area contributed by atoms with Crippen LogP contribution in [0.2, 0.25) is 0 Å². The fourth-order valence-corrected chi connectivity index (χ4v) is 3.18. The van der Waals surface area contributed by atoms with Gasteiger partial charge in [-0.3, -0.25) is 14.7 Å². The Morgan fingerprint density at radius 3 is 2.83 bits per heavy atom. The number of rotatable bonds is 4. The molecule has 3 heterocycles. The van der Waals surface area contributed by atoms with Crippen LogP contribution in [0.15, 0.2) is 36.0 Å². The van der Waals surface area contributed by atoms with E-state index in [1.807, 2.05) is 29.5 Å². The monoisotopic (exact) mass is 328 g/mol. The highest BCUT2D eigenvalue weighted by Gasteiger charge is 2.19. The lowest BCUT2D eigenvalue weighted by Crippen LogP contribution is -2.47. The van der Waals surface area contributed by atoms with Crippen molar-refractivity contribution in [1.29, 1.82) is 0 Å². The second-order valence-electron chi connectivity index (χ2n) is 5.59. The van der Waals surface area contributed by atoms with Crippen LogP contribution in [-0.2, 0) is 11.3 Å². The van der Waals surface area contributed by atoms with E-state index in [1.165, 1.54) is 5.56 Å². The molecule has 1 amide bonds. The molecule has 120 valence electrons. The van der Waals surface area contributed by atoms with Crippen LogP contribution < -0.4 is 0 Å². The molecule has 6 heteroatoms. The molecule has 0 saturated carbocycles. The van der Waals surface area contributed by atoms with Gasteiger partial charge in [-0.05, 0) is 24.6 Å². The van der Waals surface area contributed by atoms with E-state index in [9.17, 15) is 4.79 Å². The van der Waals surface area contributed by atoms with Gasteiger partial charge in [-0.15, -0.1) is 11.3 Å². The van der Waals surface area contributed by atoms with E-state index in [-0.39, 0.29) is 5.91 Å². The molecule has 3 rings (SSSR count). The molecule has 5 nitrogen and oxygen atoms in total. The summed E-state index contributed by atoms with van der Waals surface area (Å²) in [5, 5.41) is 2.98. The van der Waals surface area contributed by atoms with Crippen molar-refractivity contribution in [2.45, 2.75) is 13.5 Å². The largest absolute Gasteiger partial charge is 0.337 e. The fourth-order valence-electron chi connectivity index (χ4n) is 2.60. The smallest absolute Gasteiger partial charge is 0.246 e. The van der Waals surface area contributed by atoms with Crippen molar-refractivity contribution in [2.24, 2.45) is 0 Å². The summed E-state index contributed by atoms with van der Waals surface area (Å²) in [6, 6.07) is 4.04. The minimum Gasteiger partial charge on any atom is -0.337 e. The van der Waals surface area contributed by atoms with Crippen molar-refractivity contribution in [2.75, 3.05) is 26.2 Å². The van der Waals surface area contributed by atoms with Crippen molar-refractivity contribution in [3.05, 3.63) is 52.2 Å². The zero-order chi connectivity index (χ0) is 16.1. The van der Waals surface area contributed by atoms with Gasteiger partial charge in [0.05, 0.1) is 10.7 Å². The Morgan fingerprint density at radius 2 is 2.17 bits per heavy atom. The number of aromatic nitrogens is 2. The Bertz CT molecular complexity index is 675. The van der Waals surface area contributed by atoms with E-state index in [2.05, 4.69) is 20.9 Å². The van der Waals surface area contributed by atoms with E-state index in [1.54, 1.807) is 29.7 Å². The summed E-state index contributed by atoms with van der Waals surface area (Å²) in [7, 11) is 0. The lowest BCUT2D eigenvalue weighted by Gasteiger charge is -2.34. The number of nitrogens with zero attached hydrogens (tertiary/aromatic N) is 4. The maximum absolute atomic E-state index is 12.2. The molecule has 0 atom stereocenters. The molecule has 0 spiro atoms. The highest BCUT2D eigenvalue weighted by Crippen LogP contribution is 2.11. The van der Waals surface area contributed by atoms with Crippen LogP contribution in [0.4, 0.5) is 0 Å². The fraction of sp³-hybridized carbons (Fsp3) is 0.353. The van der Waals surface area contributed by atoms with Gasteiger partial charge < -0.3 is 4.90 Å². The highest BCUT2D eigenvalue weighted by atomic mass is 32.1. The van der Waals surface area contributed by atoms with Gasteiger partial charge in [0.2, 0.25) is 5.91 Å². The summed E-state index contributed by atoms with van der Waals surface area (Å²) in [4.78, 5) is 25.0. The SMILES string of the molecule is Cc1nc(/C=C/C(=O)N2CCN(Cc3cccnc3)CC2)cs1. The Kier molecular flexibility index (Phi) is 5.15. The molecule has 0 bridgehead atoms. The van der Waals surface area contributed by atoms with Gasteiger partial charge in [-0.25, -0.2) is 4.98 Å². The summed E-state index contributed by atoms with van der Waals surface area (Å²) in [6.07, 6.45) is 7.12. The number of aryl methyl sites for hydroxylation is 1. The Balaban J connectivity index is 1.48. The first kappa shape index (κ1) is 15.8.